The second kappa shape index (κ2) is 9.13. The predicted octanol–water partition coefficient (Wildman–Crippen LogP) is 3.18. The van der Waals surface area contributed by atoms with E-state index in [-0.39, 0.29) is 0 Å². The van der Waals surface area contributed by atoms with E-state index in [1.165, 1.54) is 0 Å². The first-order chi connectivity index (χ1) is 9.93. The Morgan fingerprint density at radius 1 is 1.29 bits per heavy atom. The molecule has 0 amide bonds. The van der Waals surface area contributed by atoms with Crippen LogP contribution in [0.5, 0.6) is 11.5 Å². The molecule has 4 nitrogen and oxygen atoms in total. The van der Waals surface area contributed by atoms with Gasteiger partial charge in [-0.1, -0.05) is 25.4 Å². The van der Waals surface area contributed by atoms with Crippen molar-refractivity contribution in [3.05, 3.63) is 22.7 Å². The highest BCUT2D eigenvalue weighted by atomic mass is 35.5. The first-order valence-electron chi connectivity index (χ1n) is 7.31. The van der Waals surface area contributed by atoms with Gasteiger partial charge in [-0.05, 0) is 26.6 Å². The van der Waals surface area contributed by atoms with Crippen molar-refractivity contribution in [3.8, 4) is 11.5 Å². The van der Waals surface area contributed by atoms with Crippen LogP contribution in [0.4, 0.5) is 0 Å². The summed E-state index contributed by atoms with van der Waals surface area (Å²) in [5, 5.41) is 4.05. The molecule has 1 N–H and O–H groups in total. The van der Waals surface area contributed by atoms with Gasteiger partial charge in [0.25, 0.3) is 0 Å². The molecule has 1 aromatic rings. The monoisotopic (exact) mass is 314 g/mol. The van der Waals surface area contributed by atoms with Gasteiger partial charge in [-0.2, -0.15) is 0 Å². The van der Waals surface area contributed by atoms with Crippen LogP contribution in [0.15, 0.2) is 12.1 Å². The first kappa shape index (κ1) is 18.1. The van der Waals surface area contributed by atoms with E-state index in [1.807, 2.05) is 6.07 Å². The molecule has 120 valence electrons. The standard InChI is InChI=1S/C16H27ClN2O2/c1-12(2)18-11-13-9-14(17)10-15(20-5)16(13)21-8-6-7-19(3)4/h9-10,12,18H,6-8,11H2,1-5H3. The number of hydrogen-bond donors (Lipinski definition) is 1. The van der Waals surface area contributed by atoms with Crippen molar-refractivity contribution in [3.63, 3.8) is 0 Å². The molecule has 0 aliphatic heterocycles. The Labute approximate surface area is 133 Å². The highest BCUT2D eigenvalue weighted by Gasteiger charge is 2.13. The van der Waals surface area contributed by atoms with Gasteiger partial charge in [-0.25, -0.2) is 0 Å². The molecule has 21 heavy (non-hydrogen) atoms. The molecule has 0 atom stereocenters. The average molecular weight is 315 g/mol. The second-order valence-corrected chi connectivity index (χ2v) is 6.07. The molecule has 0 aliphatic carbocycles. The van der Waals surface area contributed by atoms with Gasteiger partial charge in [0.2, 0.25) is 0 Å². The quantitative estimate of drug-likeness (QED) is 0.710. The molecule has 1 aromatic carbocycles. The van der Waals surface area contributed by atoms with Crippen molar-refractivity contribution in [2.24, 2.45) is 0 Å². The topological polar surface area (TPSA) is 33.7 Å². The lowest BCUT2D eigenvalue weighted by Crippen LogP contribution is -2.22. The molecular formula is C16H27ClN2O2. The predicted molar refractivity (Wildman–Crippen MR) is 88.6 cm³/mol. The Morgan fingerprint density at radius 3 is 2.57 bits per heavy atom. The summed E-state index contributed by atoms with van der Waals surface area (Å²) in [5.41, 5.74) is 1.03. The van der Waals surface area contributed by atoms with Crippen LogP contribution in [-0.4, -0.2) is 45.3 Å². The number of hydrogen-bond acceptors (Lipinski definition) is 4. The van der Waals surface area contributed by atoms with Gasteiger partial charge in [-0.3, -0.25) is 0 Å². The van der Waals surface area contributed by atoms with Crippen molar-refractivity contribution in [2.75, 3.05) is 34.4 Å². The zero-order chi connectivity index (χ0) is 15.8. The molecule has 0 radical (unpaired) electrons. The lowest BCUT2D eigenvalue weighted by atomic mass is 10.1. The molecule has 1 rings (SSSR count). The van der Waals surface area contributed by atoms with Crippen molar-refractivity contribution in [2.45, 2.75) is 32.9 Å². The SMILES string of the molecule is COc1cc(Cl)cc(CNC(C)C)c1OCCCN(C)C. The van der Waals surface area contributed by atoms with Gasteiger partial charge in [0.15, 0.2) is 11.5 Å². The van der Waals surface area contributed by atoms with Crippen LogP contribution in [0.3, 0.4) is 0 Å². The van der Waals surface area contributed by atoms with E-state index in [1.54, 1.807) is 13.2 Å². The molecule has 0 spiro atoms. The number of benzene rings is 1. The van der Waals surface area contributed by atoms with Gasteiger partial charge in [0, 0.05) is 35.8 Å². The molecule has 0 saturated heterocycles. The Hall–Kier alpha value is -0.970. The summed E-state index contributed by atoms with van der Waals surface area (Å²) in [6.45, 7) is 6.58. The fourth-order valence-corrected chi connectivity index (χ4v) is 2.17. The first-order valence-corrected chi connectivity index (χ1v) is 7.69. The molecule has 5 heteroatoms. The minimum absolute atomic E-state index is 0.400. The van der Waals surface area contributed by atoms with E-state index in [0.29, 0.717) is 30.0 Å². The molecular weight excluding hydrogens is 288 g/mol. The zero-order valence-corrected chi connectivity index (χ0v) is 14.5. The lowest BCUT2D eigenvalue weighted by molar-refractivity contribution is 0.265. The van der Waals surface area contributed by atoms with E-state index >= 15 is 0 Å². The van der Waals surface area contributed by atoms with Crippen molar-refractivity contribution in [1.29, 1.82) is 0 Å². The highest BCUT2D eigenvalue weighted by Crippen LogP contribution is 2.34. The lowest BCUT2D eigenvalue weighted by Gasteiger charge is -2.18. The third kappa shape index (κ3) is 6.55. The third-order valence-electron chi connectivity index (χ3n) is 3.01. The maximum Gasteiger partial charge on any atom is 0.165 e. The van der Waals surface area contributed by atoms with E-state index in [0.717, 1.165) is 24.3 Å². The highest BCUT2D eigenvalue weighted by molar-refractivity contribution is 6.30. The van der Waals surface area contributed by atoms with Crippen LogP contribution in [0.2, 0.25) is 5.02 Å². The van der Waals surface area contributed by atoms with Crippen molar-refractivity contribution in [1.82, 2.24) is 10.2 Å². The largest absolute Gasteiger partial charge is 0.493 e. The number of ether oxygens (including phenoxy) is 2. The summed E-state index contributed by atoms with van der Waals surface area (Å²) >= 11 is 6.15. The second-order valence-electron chi connectivity index (χ2n) is 5.64. The van der Waals surface area contributed by atoms with E-state index < -0.39 is 0 Å². The normalized spacial score (nSPS) is 11.2. The van der Waals surface area contributed by atoms with Crippen molar-refractivity contribution >= 4 is 11.6 Å². The maximum atomic E-state index is 6.15. The Morgan fingerprint density at radius 2 is 2.00 bits per heavy atom. The van der Waals surface area contributed by atoms with Crippen LogP contribution in [-0.2, 0) is 6.54 Å². The molecule has 0 unspecified atom stereocenters. The van der Waals surface area contributed by atoms with Gasteiger partial charge in [-0.15, -0.1) is 0 Å². The van der Waals surface area contributed by atoms with Crippen LogP contribution >= 0.6 is 11.6 Å². The summed E-state index contributed by atoms with van der Waals surface area (Å²) in [7, 11) is 5.75. The van der Waals surface area contributed by atoms with E-state index in [2.05, 4.69) is 38.2 Å². The summed E-state index contributed by atoms with van der Waals surface area (Å²) in [5.74, 6) is 1.47. The van der Waals surface area contributed by atoms with Crippen molar-refractivity contribution < 1.29 is 9.47 Å². The van der Waals surface area contributed by atoms with Gasteiger partial charge in [0.1, 0.15) is 0 Å². The Balaban J connectivity index is 2.81. The summed E-state index contributed by atoms with van der Waals surface area (Å²) in [6, 6.07) is 4.12. The minimum Gasteiger partial charge on any atom is -0.493 e. The minimum atomic E-state index is 0.400. The summed E-state index contributed by atoms with van der Waals surface area (Å²) in [6.07, 6.45) is 0.968. The van der Waals surface area contributed by atoms with Crippen LogP contribution in [0.25, 0.3) is 0 Å². The average Bonchev–Trinajstić information content (AvgIpc) is 2.41. The molecule has 0 bridgehead atoms. The van der Waals surface area contributed by atoms with Crippen LogP contribution in [0, 0.1) is 0 Å². The fourth-order valence-electron chi connectivity index (χ4n) is 1.94. The van der Waals surface area contributed by atoms with E-state index in [9.17, 15) is 0 Å². The van der Waals surface area contributed by atoms with Crippen LogP contribution in [0.1, 0.15) is 25.8 Å². The summed E-state index contributed by atoms with van der Waals surface area (Å²) in [4.78, 5) is 2.14. The third-order valence-corrected chi connectivity index (χ3v) is 3.23. The number of rotatable bonds is 9. The zero-order valence-electron chi connectivity index (χ0n) is 13.7. The smallest absolute Gasteiger partial charge is 0.165 e. The van der Waals surface area contributed by atoms with E-state index in [4.69, 9.17) is 21.1 Å². The van der Waals surface area contributed by atoms with Gasteiger partial charge in [0.05, 0.1) is 13.7 Å². The molecule has 0 saturated carbocycles. The molecule has 0 aromatic heterocycles. The Kier molecular flexibility index (Phi) is 7.86. The molecule has 0 fully saturated rings. The number of nitrogens with zero attached hydrogens (tertiary/aromatic N) is 1. The summed E-state index contributed by atoms with van der Waals surface area (Å²) < 4.78 is 11.4. The van der Waals surface area contributed by atoms with Crippen LogP contribution < -0.4 is 14.8 Å². The molecule has 0 aliphatic rings. The number of halogens is 1. The van der Waals surface area contributed by atoms with Gasteiger partial charge < -0.3 is 19.7 Å². The maximum absolute atomic E-state index is 6.15. The number of methoxy groups -OCH3 is 1. The number of nitrogens with one attached hydrogen (secondary N) is 1. The molecule has 0 heterocycles. The fraction of sp³-hybridized carbons (Fsp3) is 0.625. The van der Waals surface area contributed by atoms with Gasteiger partial charge >= 0.3 is 0 Å². The Bertz CT molecular complexity index is 437.